The van der Waals surface area contributed by atoms with Crippen LogP contribution in [0.15, 0.2) is 59.8 Å². The van der Waals surface area contributed by atoms with Crippen LogP contribution in [0.5, 0.6) is 0 Å². The molecule has 0 radical (unpaired) electrons. The topological polar surface area (TPSA) is 85.8 Å². The van der Waals surface area contributed by atoms with Gasteiger partial charge in [-0.3, -0.25) is 4.79 Å². The van der Waals surface area contributed by atoms with Crippen LogP contribution < -0.4 is 11.2 Å². The van der Waals surface area contributed by atoms with Gasteiger partial charge < -0.3 is 11.2 Å². The quantitative estimate of drug-likeness (QED) is 0.505. The fourth-order valence-electron chi connectivity index (χ4n) is 2.62. The first-order valence-corrected chi connectivity index (χ1v) is 9.63. The lowest BCUT2D eigenvalue weighted by molar-refractivity contribution is -0.120. The zero-order chi connectivity index (χ0) is 19.4. The van der Waals surface area contributed by atoms with E-state index in [4.69, 9.17) is 5.84 Å². The molecule has 0 aliphatic heterocycles. The first kappa shape index (κ1) is 19.0. The van der Waals surface area contributed by atoms with E-state index < -0.39 is 0 Å². The maximum Gasteiger partial charge on any atom is 0.233 e. The number of nitrogen functional groups attached to an aromatic ring is 1. The van der Waals surface area contributed by atoms with Gasteiger partial charge in [0.15, 0.2) is 5.82 Å². The number of amides is 1. The highest BCUT2D eigenvalue weighted by Gasteiger charge is 2.21. The second-order valence-corrected chi connectivity index (χ2v) is 7.75. The van der Waals surface area contributed by atoms with Crippen LogP contribution in [0.4, 0.5) is 0 Å². The van der Waals surface area contributed by atoms with Gasteiger partial charge in [0.25, 0.3) is 0 Å². The fraction of sp³-hybridized carbons (Fsp3) is 0.250. The molecule has 3 aromatic rings. The number of rotatable bonds is 6. The van der Waals surface area contributed by atoms with Gasteiger partial charge in [0.1, 0.15) is 0 Å². The number of carbonyl (C=O) groups excluding carboxylic acids is 1. The Bertz CT molecular complexity index is 908. The summed E-state index contributed by atoms with van der Waals surface area (Å²) in [6.07, 6.45) is 0. The van der Waals surface area contributed by atoms with Gasteiger partial charge in [-0.15, -0.1) is 10.2 Å². The van der Waals surface area contributed by atoms with E-state index >= 15 is 0 Å². The van der Waals surface area contributed by atoms with Gasteiger partial charge in [-0.1, -0.05) is 71.9 Å². The molecule has 140 valence electrons. The zero-order valence-electron chi connectivity index (χ0n) is 15.6. The number of carbonyl (C=O) groups is 1. The van der Waals surface area contributed by atoms with Crippen molar-refractivity contribution in [3.05, 3.63) is 65.7 Å². The molecule has 1 aromatic heterocycles. The minimum absolute atomic E-state index is 0.0689. The number of benzene rings is 2. The minimum Gasteiger partial charge on any atom is -0.349 e. The third-order valence-corrected chi connectivity index (χ3v) is 5.34. The smallest absolute Gasteiger partial charge is 0.233 e. The minimum atomic E-state index is -0.353. The van der Waals surface area contributed by atoms with E-state index in [2.05, 4.69) is 15.5 Å². The van der Waals surface area contributed by atoms with Crippen LogP contribution in [0.25, 0.3) is 11.4 Å². The van der Waals surface area contributed by atoms with Crippen molar-refractivity contribution in [1.29, 1.82) is 0 Å². The van der Waals surface area contributed by atoms with Crippen LogP contribution in [0.2, 0.25) is 0 Å². The number of hydrogen-bond donors (Lipinski definition) is 2. The Morgan fingerprint density at radius 2 is 1.74 bits per heavy atom. The molecule has 0 bridgehead atoms. The molecule has 0 saturated heterocycles. The Balaban J connectivity index is 1.66. The van der Waals surface area contributed by atoms with Gasteiger partial charge in [-0.05, 0) is 26.3 Å². The number of hydrogen-bond acceptors (Lipinski definition) is 5. The predicted octanol–water partition coefficient (Wildman–Crippen LogP) is 3.33. The van der Waals surface area contributed by atoms with E-state index in [-0.39, 0.29) is 17.2 Å². The molecule has 0 aliphatic carbocycles. The molecule has 0 aliphatic rings. The predicted molar refractivity (Wildman–Crippen MR) is 109 cm³/mol. The van der Waals surface area contributed by atoms with Crippen LogP contribution in [-0.4, -0.2) is 26.0 Å². The Kier molecular flexibility index (Phi) is 5.81. The molecule has 0 saturated carbocycles. The van der Waals surface area contributed by atoms with Gasteiger partial charge in [-0.2, -0.15) is 0 Å². The lowest BCUT2D eigenvalue weighted by Crippen LogP contribution is -2.33. The lowest BCUT2D eigenvalue weighted by Gasteiger charge is -2.17. The Morgan fingerprint density at radius 3 is 2.41 bits per heavy atom. The molecule has 2 atom stereocenters. The summed E-state index contributed by atoms with van der Waals surface area (Å²) < 4.78 is 1.43. The number of nitrogens with one attached hydrogen (secondary N) is 1. The summed E-state index contributed by atoms with van der Waals surface area (Å²) in [6.45, 7) is 5.82. The molecule has 1 heterocycles. The number of nitrogens with zero attached hydrogens (tertiary/aromatic N) is 3. The second-order valence-electron chi connectivity index (χ2n) is 6.44. The molecule has 3 N–H and O–H groups in total. The molecule has 1 amide bonds. The summed E-state index contributed by atoms with van der Waals surface area (Å²) >= 11 is 1.29. The third kappa shape index (κ3) is 4.49. The van der Waals surface area contributed by atoms with Crippen LogP contribution in [-0.2, 0) is 4.79 Å². The van der Waals surface area contributed by atoms with Crippen LogP contribution >= 0.6 is 11.8 Å². The van der Waals surface area contributed by atoms with E-state index in [1.165, 1.54) is 16.4 Å². The average molecular weight is 382 g/mol. The zero-order valence-corrected chi connectivity index (χ0v) is 16.4. The summed E-state index contributed by atoms with van der Waals surface area (Å²) in [5.41, 5.74) is 3.11. The number of nitrogens with two attached hydrogens (primary N) is 1. The Labute approximate surface area is 163 Å². The highest BCUT2D eigenvalue weighted by molar-refractivity contribution is 8.00. The molecule has 27 heavy (non-hydrogen) atoms. The summed E-state index contributed by atoms with van der Waals surface area (Å²) in [5, 5.41) is 11.5. The highest BCUT2D eigenvalue weighted by atomic mass is 32.2. The molecule has 6 nitrogen and oxygen atoms in total. The number of aryl methyl sites for hydroxylation is 1. The van der Waals surface area contributed by atoms with Gasteiger partial charge in [0.05, 0.1) is 11.3 Å². The van der Waals surface area contributed by atoms with Crippen LogP contribution in [0, 0.1) is 6.92 Å². The number of aromatic nitrogens is 3. The van der Waals surface area contributed by atoms with Crippen molar-refractivity contribution >= 4 is 17.7 Å². The van der Waals surface area contributed by atoms with Crippen LogP contribution in [0.1, 0.15) is 31.0 Å². The van der Waals surface area contributed by atoms with Crippen molar-refractivity contribution in [3.63, 3.8) is 0 Å². The van der Waals surface area contributed by atoms with Crippen molar-refractivity contribution in [3.8, 4) is 11.4 Å². The monoisotopic (exact) mass is 381 g/mol. The van der Waals surface area contributed by atoms with Crippen molar-refractivity contribution in [1.82, 2.24) is 20.2 Å². The maximum absolute atomic E-state index is 12.5. The lowest BCUT2D eigenvalue weighted by atomic mass is 10.1. The van der Waals surface area contributed by atoms with Crippen molar-refractivity contribution in [2.45, 2.75) is 37.2 Å². The third-order valence-electron chi connectivity index (χ3n) is 4.28. The van der Waals surface area contributed by atoms with Gasteiger partial charge >= 0.3 is 0 Å². The van der Waals surface area contributed by atoms with E-state index in [0.29, 0.717) is 11.0 Å². The standard InChI is InChI=1S/C20H23N5OS/c1-13-9-11-17(12-10-13)18-23-24-20(25(18)21)27-15(3)19(26)22-14(2)16-7-5-4-6-8-16/h4-12,14-15H,21H2,1-3H3,(H,22,26). The Morgan fingerprint density at radius 1 is 1.07 bits per heavy atom. The van der Waals surface area contributed by atoms with Crippen molar-refractivity contribution < 1.29 is 4.79 Å². The normalized spacial score (nSPS) is 13.1. The molecule has 0 spiro atoms. The van der Waals surface area contributed by atoms with Crippen LogP contribution in [0.3, 0.4) is 0 Å². The highest BCUT2D eigenvalue weighted by Crippen LogP contribution is 2.25. The molecule has 7 heteroatoms. The SMILES string of the molecule is Cc1ccc(-c2nnc(SC(C)C(=O)NC(C)c3ccccc3)n2N)cc1. The van der Waals surface area contributed by atoms with Gasteiger partial charge in [0.2, 0.25) is 11.1 Å². The molecular weight excluding hydrogens is 358 g/mol. The second kappa shape index (κ2) is 8.26. The maximum atomic E-state index is 12.5. The van der Waals surface area contributed by atoms with Gasteiger partial charge in [-0.25, -0.2) is 4.68 Å². The summed E-state index contributed by atoms with van der Waals surface area (Å²) in [6, 6.07) is 17.7. The largest absolute Gasteiger partial charge is 0.349 e. The molecule has 2 aromatic carbocycles. The number of thioether (sulfide) groups is 1. The summed E-state index contributed by atoms with van der Waals surface area (Å²) in [5.74, 6) is 6.65. The van der Waals surface area contributed by atoms with E-state index in [9.17, 15) is 4.79 Å². The molecule has 3 rings (SSSR count). The molecule has 2 unspecified atom stereocenters. The first-order valence-electron chi connectivity index (χ1n) is 8.75. The summed E-state index contributed by atoms with van der Waals surface area (Å²) in [4.78, 5) is 12.5. The summed E-state index contributed by atoms with van der Waals surface area (Å²) in [7, 11) is 0. The molecular formula is C20H23N5OS. The fourth-order valence-corrected chi connectivity index (χ4v) is 3.40. The van der Waals surface area contributed by atoms with Crippen molar-refractivity contribution in [2.24, 2.45) is 0 Å². The molecule has 0 fully saturated rings. The first-order chi connectivity index (χ1) is 13.0. The van der Waals surface area contributed by atoms with E-state index in [0.717, 1.165) is 16.7 Å². The average Bonchev–Trinajstić information content (AvgIpc) is 3.03. The van der Waals surface area contributed by atoms with Gasteiger partial charge in [0, 0.05) is 5.56 Å². The van der Waals surface area contributed by atoms with E-state index in [1.54, 1.807) is 0 Å². The Hall–Kier alpha value is -2.80. The van der Waals surface area contributed by atoms with E-state index in [1.807, 2.05) is 75.4 Å². The van der Waals surface area contributed by atoms with Crippen molar-refractivity contribution in [2.75, 3.05) is 5.84 Å².